The summed E-state index contributed by atoms with van der Waals surface area (Å²) in [6.07, 6.45) is 0. The molecule has 0 radical (unpaired) electrons. The van der Waals surface area contributed by atoms with E-state index in [1.54, 1.807) is 19.2 Å². The van der Waals surface area contributed by atoms with Gasteiger partial charge in [-0.25, -0.2) is 0 Å². The van der Waals surface area contributed by atoms with Gasteiger partial charge in [0.15, 0.2) is 0 Å². The normalized spacial score (nSPS) is 12.3. The molecule has 0 aliphatic rings. The third-order valence-electron chi connectivity index (χ3n) is 2.70. The first-order valence-corrected chi connectivity index (χ1v) is 7.50. The molecule has 0 saturated heterocycles. The minimum atomic E-state index is -0.0814. The summed E-state index contributed by atoms with van der Waals surface area (Å²) in [5, 5.41) is 1.85. The van der Waals surface area contributed by atoms with Crippen LogP contribution in [0, 0.1) is 0 Å². The molecular weight excluding hydrogens is 370 g/mol. The van der Waals surface area contributed by atoms with E-state index in [4.69, 9.17) is 39.5 Å². The van der Waals surface area contributed by atoms with Gasteiger partial charge in [-0.1, -0.05) is 56.8 Å². The first-order valence-electron chi connectivity index (χ1n) is 5.45. The van der Waals surface area contributed by atoms with E-state index in [9.17, 15) is 0 Å². The summed E-state index contributed by atoms with van der Waals surface area (Å²) in [5.74, 6) is 0.641. The van der Waals surface area contributed by atoms with Crippen molar-refractivity contribution in [2.75, 3.05) is 7.11 Å². The fourth-order valence-electron chi connectivity index (χ4n) is 1.73. The number of alkyl halides is 1. The molecule has 1 atom stereocenters. The van der Waals surface area contributed by atoms with Gasteiger partial charge < -0.3 is 4.74 Å². The van der Waals surface area contributed by atoms with Gasteiger partial charge in [0.05, 0.1) is 17.0 Å². The molecule has 0 amide bonds. The smallest absolute Gasteiger partial charge is 0.137 e. The average Bonchev–Trinajstić information content (AvgIpc) is 2.40. The third kappa shape index (κ3) is 3.38. The number of halogens is 4. The molecule has 2 aromatic carbocycles. The van der Waals surface area contributed by atoms with Crippen molar-refractivity contribution in [3.05, 3.63) is 62.6 Å². The van der Waals surface area contributed by atoms with Gasteiger partial charge in [0.25, 0.3) is 0 Å². The molecule has 100 valence electrons. The van der Waals surface area contributed by atoms with Crippen molar-refractivity contribution in [3.63, 3.8) is 0 Å². The molecule has 0 fully saturated rings. The van der Waals surface area contributed by atoms with Crippen LogP contribution in [0.5, 0.6) is 5.75 Å². The lowest BCUT2D eigenvalue weighted by Crippen LogP contribution is -1.95. The first kappa shape index (κ1) is 15.0. The summed E-state index contributed by atoms with van der Waals surface area (Å²) in [6.45, 7) is 0. The largest absolute Gasteiger partial charge is 0.495 e. The molecule has 2 aromatic rings. The van der Waals surface area contributed by atoms with E-state index in [1.165, 1.54) is 0 Å². The molecule has 1 nitrogen and oxygen atoms in total. The van der Waals surface area contributed by atoms with Crippen molar-refractivity contribution in [1.29, 1.82) is 0 Å². The van der Waals surface area contributed by atoms with Crippen molar-refractivity contribution in [2.45, 2.75) is 4.83 Å². The van der Waals surface area contributed by atoms with Crippen LogP contribution in [-0.4, -0.2) is 7.11 Å². The quantitative estimate of drug-likeness (QED) is 0.581. The van der Waals surface area contributed by atoms with Crippen LogP contribution in [0.1, 0.15) is 16.0 Å². The number of hydrogen-bond donors (Lipinski definition) is 0. The second kappa shape index (κ2) is 6.36. The van der Waals surface area contributed by atoms with Crippen LogP contribution in [0.25, 0.3) is 0 Å². The van der Waals surface area contributed by atoms with E-state index < -0.39 is 0 Å². The molecule has 0 aromatic heterocycles. The van der Waals surface area contributed by atoms with E-state index in [0.717, 1.165) is 11.1 Å². The molecule has 2 rings (SSSR count). The minimum absolute atomic E-state index is 0.0814. The highest BCUT2D eigenvalue weighted by Gasteiger charge is 2.15. The van der Waals surface area contributed by atoms with Gasteiger partial charge in [0.2, 0.25) is 0 Å². The fourth-order valence-corrected chi connectivity index (χ4v) is 3.20. The lowest BCUT2D eigenvalue weighted by Gasteiger charge is -2.14. The van der Waals surface area contributed by atoms with Crippen molar-refractivity contribution in [1.82, 2.24) is 0 Å². The van der Waals surface area contributed by atoms with E-state index in [-0.39, 0.29) is 4.83 Å². The van der Waals surface area contributed by atoms with Crippen molar-refractivity contribution < 1.29 is 4.74 Å². The first-order chi connectivity index (χ1) is 9.02. The molecule has 0 aliphatic heterocycles. The molecule has 0 saturated carbocycles. The summed E-state index contributed by atoms with van der Waals surface area (Å²) in [4.78, 5) is -0.0814. The lowest BCUT2D eigenvalue weighted by atomic mass is 10.0. The SMILES string of the molecule is COc1ccc(C(Br)c2cc(Cl)ccc2Cl)cc1Cl. The number of rotatable bonds is 3. The maximum Gasteiger partial charge on any atom is 0.137 e. The Labute approximate surface area is 135 Å². The Morgan fingerprint density at radius 2 is 1.74 bits per heavy atom. The number of ether oxygens (including phenoxy) is 1. The van der Waals surface area contributed by atoms with Crippen LogP contribution in [0.4, 0.5) is 0 Å². The van der Waals surface area contributed by atoms with Crippen molar-refractivity contribution in [3.8, 4) is 5.75 Å². The molecule has 1 unspecified atom stereocenters. The zero-order valence-corrected chi connectivity index (χ0v) is 13.8. The number of hydrogen-bond acceptors (Lipinski definition) is 1. The lowest BCUT2D eigenvalue weighted by molar-refractivity contribution is 0.415. The van der Waals surface area contributed by atoms with Crippen molar-refractivity contribution >= 4 is 50.7 Å². The average molecular weight is 380 g/mol. The van der Waals surface area contributed by atoms with Crippen molar-refractivity contribution in [2.24, 2.45) is 0 Å². The number of benzene rings is 2. The second-order valence-corrected chi connectivity index (χ2v) is 6.09. The zero-order valence-electron chi connectivity index (χ0n) is 9.96. The Hall–Kier alpha value is -0.410. The monoisotopic (exact) mass is 378 g/mol. The van der Waals surface area contributed by atoms with Crippen LogP contribution in [0.3, 0.4) is 0 Å². The topological polar surface area (TPSA) is 9.23 Å². The van der Waals surface area contributed by atoms with Gasteiger partial charge in [-0.3, -0.25) is 0 Å². The standard InChI is InChI=1S/C14H10BrCl3O/c1-19-13-5-2-8(6-12(13)18)14(15)10-7-9(16)3-4-11(10)17/h2-7,14H,1H3. The van der Waals surface area contributed by atoms with Crippen LogP contribution in [0.2, 0.25) is 15.1 Å². The van der Waals surface area contributed by atoms with E-state index >= 15 is 0 Å². The van der Waals surface area contributed by atoms with Gasteiger partial charge in [-0.2, -0.15) is 0 Å². The summed E-state index contributed by atoms with van der Waals surface area (Å²) < 4.78 is 5.13. The Morgan fingerprint density at radius 1 is 1.00 bits per heavy atom. The van der Waals surface area contributed by atoms with Crippen LogP contribution in [0.15, 0.2) is 36.4 Å². The predicted octanol–water partition coefficient (Wildman–Crippen LogP) is 6.14. The van der Waals surface area contributed by atoms with Crippen LogP contribution >= 0.6 is 50.7 Å². The highest BCUT2D eigenvalue weighted by molar-refractivity contribution is 9.09. The summed E-state index contributed by atoms with van der Waals surface area (Å²) in [6, 6.07) is 11.0. The predicted molar refractivity (Wildman–Crippen MR) is 85.2 cm³/mol. The minimum Gasteiger partial charge on any atom is -0.495 e. The maximum atomic E-state index is 6.19. The van der Waals surface area contributed by atoms with E-state index in [1.807, 2.05) is 24.3 Å². The zero-order chi connectivity index (χ0) is 14.0. The highest BCUT2D eigenvalue weighted by atomic mass is 79.9. The highest BCUT2D eigenvalue weighted by Crippen LogP contribution is 2.38. The molecule has 5 heteroatoms. The molecule has 0 aliphatic carbocycles. The molecule has 0 heterocycles. The molecule has 0 bridgehead atoms. The summed E-state index contributed by atoms with van der Waals surface area (Å²) in [7, 11) is 1.58. The van der Waals surface area contributed by atoms with Gasteiger partial charge >= 0.3 is 0 Å². The summed E-state index contributed by atoms with van der Waals surface area (Å²) in [5.41, 5.74) is 1.88. The number of methoxy groups -OCH3 is 1. The second-order valence-electron chi connectivity index (χ2n) is 3.92. The third-order valence-corrected chi connectivity index (χ3v) is 4.60. The van der Waals surface area contributed by atoms with E-state index in [2.05, 4.69) is 15.9 Å². The van der Waals surface area contributed by atoms with Crippen LogP contribution < -0.4 is 4.74 Å². The molecule has 19 heavy (non-hydrogen) atoms. The van der Waals surface area contributed by atoms with E-state index in [0.29, 0.717) is 20.8 Å². The molecular formula is C14H10BrCl3O. The van der Waals surface area contributed by atoms with Gasteiger partial charge in [-0.05, 0) is 41.5 Å². The van der Waals surface area contributed by atoms with Crippen LogP contribution in [-0.2, 0) is 0 Å². The van der Waals surface area contributed by atoms with Gasteiger partial charge in [-0.15, -0.1) is 0 Å². The summed E-state index contributed by atoms with van der Waals surface area (Å²) >= 11 is 21.9. The Kier molecular flexibility index (Phi) is 5.02. The Bertz CT molecular complexity index is 601. The fraction of sp³-hybridized carbons (Fsp3) is 0.143. The maximum absolute atomic E-state index is 6.19. The van der Waals surface area contributed by atoms with Gasteiger partial charge in [0, 0.05) is 10.0 Å². The molecule has 0 spiro atoms. The Morgan fingerprint density at radius 3 is 2.37 bits per heavy atom. The Balaban J connectivity index is 2.41. The molecule has 0 N–H and O–H groups in total. The van der Waals surface area contributed by atoms with Gasteiger partial charge in [0.1, 0.15) is 5.75 Å².